The lowest BCUT2D eigenvalue weighted by atomic mass is 10.2. The highest BCUT2D eigenvalue weighted by Crippen LogP contribution is 2.01. The zero-order chi connectivity index (χ0) is 9.40. The molecular formula is C8H14ClNO2. The van der Waals surface area contributed by atoms with Crippen molar-refractivity contribution in [2.24, 2.45) is 0 Å². The highest BCUT2D eigenvalue weighted by molar-refractivity contribution is 6.63. The van der Waals surface area contributed by atoms with Gasteiger partial charge in [0, 0.05) is 19.9 Å². The quantitative estimate of drug-likeness (QED) is 0.510. The molecule has 0 aliphatic carbocycles. The van der Waals surface area contributed by atoms with Crippen molar-refractivity contribution in [1.29, 1.82) is 0 Å². The molecule has 0 aromatic carbocycles. The lowest BCUT2D eigenvalue weighted by Gasteiger charge is -2.00. The summed E-state index contributed by atoms with van der Waals surface area (Å²) in [4.78, 5) is 20.7. The van der Waals surface area contributed by atoms with E-state index >= 15 is 0 Å². The molecule has 0 bridgehead atoms. The SMILES string of the molecule is CC(=O)NCCCCCC(=O)Cl. The van der Waals surface area contributed by atoms with Crippen LogP contribution in [0, 0.1) is 0 Å². The van der Waals surface area contributed by atoms with Crippen LogP contribution in [0.1, 0.15) is 32.6 Å². The van der Waals surface area contributed by atoms with Crippen molar-refractivity contribution >= 4 is 22.8 Å². The maximum atomic E-state index is 10.4. The molecule has 4 heteroatoms. The summed E-state index contributed by atoms with van der Waals surface area (Å²) in [7, 11) is 0. The summed E-state index contributed by atoms with van der Waals surface area (Å²) in [5.74, 6) is -0.0107. The molecule has 70 valence electrons. The molecule has 0 saturated heterocycles. The summed E-state index contributed by atoms with van der Waals surface area (Å²) in [5.41, 5.74) is 0. The van der Waals surface area contributed by atoms with E-state index in [-0.39, 0.29) is 11.1 Å². The summed E-state index contributed by atoms with van der Waals surface area (Å²) in [6, 6.07) is 0. The van der Waals surface area contributed by atoms with E-state index in [4.69, 9.17) is 11.6 Å². The summed E-state index contributed by atoms with van der Waals surface area (Å²) in [6.45, 7) is 2.17. The largest absolute Gasteiger partial charge is 0.356 e. The van der Waals surface area contributed by atoms with Gasteiger partial charge in [0.2, 0.25) is 11.1 Å². The molecule has 0 unspecified atom stereocenters. The van der Waals surface area contributed by atoms with Crippen LogP contribution in [0.3, 0.4) is 0 Å². The lowest BCUT2D eigenvalue weighted by Crippen LogP contribution is -2.20. The monoisotopic (exact) mass is 191 g/mol. The van der Waals surface area contributed by atoms with Gasteiger partial charge in [0.15, 0.2) is 0 Å². The van der Waals surface area contributed by atoms with E-state index < -0.39 is 0 Å². The summed E-state index contributed by atoms with van der Waals surface area (Å²) in [6.07, 6.45) is 3.08. The fraction of sp³-hybridized carbons (Fsp3) is 0.750. The van der Waals surface area contributed by atoms with E-state index in [2.05, 4.69) is 5.32 Å². The van der Waals surface area contributed by atoms with Gasteiger partial charge in [0.1, 0.15) is 0 Å². The Hall–Kier alpha value is -0.570. The third kappa shape index (κ3) is 9.43. The fourth-order valence-corrected chi connectivity index (χ4v) is 0.964. The van der Waals surface area contributed by atoms with Crippen molar-refractivity contribution in [1.82, 2.24) is 5.32 Å². The van der Waals surface area contributed by atoms with Gasteiger partial charge in [-0.1, -0.05) is 6.42 Å². The van der Waals surface area contributed by atoms with E-state index in [1.807, 2.05) is 0 Å². The second-order valence-corrected chi connectivity index (χ2v) is 3.07. The third-order valence-corrected chi connectivity index (χ3v) is 1.61. The maximum absolute atomic E-state index is 10.4. The standard InChI is InChI=1S/C8H14ClNO2/c1-7(11)10-6-4-2-3-5-8(9)12/h2-6H2,1H3,(H,10,11). The molecule has 1 amide bonds. The fourth-order valence-electron chi connectivity index (χ4n) is 0.830. The van der Waals surface area contributed by atoms with E-state index in [1.165, 1.54) is 6.92 Å². The first-order valence-electron chi connectivity index (χ1n) is 4.05. The van der Waals surface area contributed by atoms with Crippen LogP contribution >= 0.6 is 11.6 Å². The van der Waals surface area contributed by atoms with Gasteiger partial charge in [-0.25, -0.2) is 0 Å². The van der Waals surface area contributed by atoms with Crippen LogP contribution < -0.4 is 5.32 Å². The van der Waals surface area contributed by atoms with Crippen molar-refractivity contribution < 1.29 is 9.59 Å². The van der Waals surface area contributed by atoms with Gasteiger partial charge in [-0.15, -0.1) is 0 Å². The molecule has 3 nitrogen and oxygen atoms in total. The van der Waals surface area contributed by atoms with Crippen molar-refractivity contribution in [2.75, 3.05) is 6.54 Å². The Balaban J connectivity index is 3.01. The van der Waals surface area contributed by atoms with Gasteiger partial charge in [0.25, 0.3) is 0 Å². The van der Waals surface area contributed by atoms with Crippen molar-refractivity contribution in [3.05, 3.63) is 0 Å². The molecule has 0 aromatic rings. The van der Waals surface area contributed by atoms with Crippen LogP contribution in [0.4, 0.5) is 0 Å². The van der Waals surface area contributed by atoms with E-state index in [1.54, 1.807) is 0 Å². The van der Waals surface area contributed by atoms with Crippen LogP contribution in [-0.4, -0.2) is 17.7 Å². The maximum Gasteiger partial charge on any atom is 0.221 e. The minimum Gasteiger partial charge on any atom is -0.356 e. The number of halogens is 1. The molecule has 12 heavy (non-hydrogen) atoms. The van der Waals surface area contributed by atoms with Crippen molar-refractivity contribution in [2.45, 2.75) is 32.6 Å². The number of rotatable bonds is 6. The Morgan fingerprint density at radius 2 is 1.92 bits per heavy atom. The molecule has 1 N–H and O–H groups in total. The predicted molar refractivity (Wildman–Crippen MR) is 48.0 cm³/mol. The number of unbranched alkanes of at least 4 members (excludes halogenated alkanes) is 2. The topological polar surface area (TPSA) is 46.2 Å². The highest BCUT2D eigenvalue weighted by atomic mass is 35.5. The number of carbonyl (C=O) groups excluding carboxylic acids is 2. The minimum absolute atomic E-state index is 0.0107. The summed E-state index contributed by atoms with van der Waals surface area (Å²) < 4.78 is 0. The third-order valence-electron chi connectivity index (χ3n) is 1.42. The van der Waals surface area contributed by atoms with Crippen molar-refractivity contribution in [3.63, 3.8) is 0 Å². The van der Waals surface area contributed by atoms with E-state index in [0.29, 0.717) is 13.0 Å². The predicted octanol–water partition coefficient (Wildman–Crippen LogP) is 1.45. The van der Waals surface area contributed by atoms with Crippen molar-refractivity contribution in [3.8, 4) is 0 Å². The number of hydrogen-bond acceptors (Lipinski definition) is 2. The number of carbonyl (C=O) groups is 2. The molecular weight excluding hydrogens is 178 g/mol. The van der Waals surface area contributed by atoms with E-state index in [9.17, 15) is 9.59 Å². The lowest BCUT2D eigenvalue weighted by molar-refractivity contribution is -0.119. The first-order chi connectivity index (χ1) is 5.63. The average Bonchev–Trinajstić information content (AvgIpc) is 1.95. The van der Waals surface area contributed by atoms with Crippen LogP contribution in [0.5, 0.6) is 0 Å². The van der Waals surface area contributed by atoms with Crippen LogP contribution in [-0.2, 0) is 9.59 Å². The van der Waals surface area contributed by atoms with E-state index in [0.717, 1.165) is 19.3 Å². The van der Waals surface area contributed by atoms with Gasteiger partial charge in [0.05, 0.1) is 0 Å². The number of nitrogens with one attached hydrogen (secondary N) is 1. The number of hydrogen-bond donors (Lipinski definition) is 1. The van der Waals surface area contributed by atoms with Crippen LogP contribution in [0.25, 0.3) is 0 Å². The Bertz CT molecular complexity index is 141. The molecule has 0 saturated carbocycles. The second-order valence-electron chi connectivity index (χ2n) is 2.65. The molecule has 0 rings (SSSR count). The zero-order valence-corrected chi connectivity index (χ0v) is 7.99. The summed E-state index contributed by atoms with van der Waals surface area (Å²) in [5, 5.41) is 2.39. The molecule has 0 spiro atoms. The van der Waals surface area contributed by atoms with Crippen LogP contribution in [0.15, 0.2) is 0 Å². The molecule has 0 heterocycles. The van der Waals surface area contributed by atoms with Crippen LogP contribution in [0.2, 0.25) is 0 Å². The molecule has 0 aliphatic rings. The Morgan fingerprint density at radius 1 is 1.25 bits per heavy atom. The number of amides is 1. The molecule has 0 aliphatic heterocycles. The molecule has 0 aromatic heterocycles. The average molecular weight is 192 g/mol. The van der Waals surface area contributed by atoms with Gasteiger partial charge in [-0.05, 0) is 24.4 Å². The summed E-state index contributed by atoms with van der Waals surface area (Å²) >= 11 is 5.13. The molecule has 0 radical (unpaired) electrons. The Labute approximate surface area is 77.5 Å². The normalized spacial score (nSPS) is 9.50. The van der Waals surface area contributed by atoms with Gasteiger partial charge in [-0.2, -0.15) is 0 Å². The second kappa shape index (κ2) is 7.10. The highest BCUT2D eigenvalue weighted by Gasteiger charge is 1.95. The first kappa shape index (κ1) is 11.4. The Kier molecular flexibility index (Phi) is 6.76. The van der Waals surface area contributed by atoms with Gasteiger partial charge < -0.3 is 5.32 Å². The van der Waals surface area contributed by atoms with Gasteiger partial charge in [-0.3, -0.25) is 9.59 Å². The molecule has 0 atom stereocenters. The van der Waals surface area contributed by atoms with Gasteiger partial charge >= 0.3 is 0 Å². The Morgan fingerprint density at radius 3 is 2.42 bits per heavy atom. The minimum atomic E-state index is -0.283. The zero-order valence-electron chi connectivity index (χ0n) is 7.23. The smallest absolute Gasteiger partial charge is 0.221 e. The first-order valence-corrected chi connectivity index (χ1v) is 4.43. The molecule has 0 fully saturated rings.